The van der Waals surface area contributed by atoms with Gasteiger partial charge in [-0.25, -0.2) is 13.1 Å². The summed E-state index contributed by atoms with van der Waals surface area (Å²) in [7, 11) is 0. The molecule has 6 nitrogen and oxygen atoms in total. The summed E-state index contributed by atoms with van der Waals surface area (Å²) in [4.78, 5) is 13.9. The van der Waals surface area contributed by atoms with Gasteiger partial charge < -0.3 is 20.1 Å². The van der Waals surface area contributed by atoms with E-state index in [4.69, 9.17) is 11.6 Å². The zero-order chi connectivity index (χ0) is 22.4. The molecule has 4 unspecified atom stereocenters. The molecular weight excluding hydrogens is 460 g/mol. The van der Waals surface area contributed by atoms with Crippen LogP contribution in [-0.4, -0.2) is 49.3 Å². The first-order valence-corrected chi connectivity index (χ1v) is 11.9. The minimum absolute atomic E-state index is 0.160. The van der Waals surface area contributed by atoms with Crippen molar-refractivity contribution in [3.8, 4) is 0 Å². The molecular formula is C22H22ClF2N3O3S. The number of nitrogens with one attached hydrogen (secondary N) is 1. The van der Waals surface area contributed by atoms with E-state index < -0.39 is 23.1 Å². The fraction of sp³-hybridized carbons (Fsp3) is 0.500. The molecule has 4 aliphatic rings. The van der Waals surface area contributed by atoms with Crippen molar-refractivity contribution < 1.29 is 23.8 Å². The summed E-state index contributed by atoms with van der Waals surface area (Å²) in [5.41, 5.74) is 0.292. The van der Waals surface area contributed by atoms with Crippen LogP contribution in [0.2, 0.25) is 5.02 Å². The molecule has 2 aliphatic heterocycles. The molecule has 3 heterocycles. The largest absolute Gasteiger partial charge is 0.393 e. The number of halogens is 3. The molecule has 1 spiro atoms. The van der Waals surface area contributed by atoms with Crippen LogP contribution in [0, 0.1) is 17.0 Å². The van der Waals surface area contributed by atoms with E-state index in [1.165, 1.54) is 6.07 Å². The van der Waals surface area contributed by atoms with Gasteiger partial charge >= 0.3 is 0 Å². The van der Waals surface area contributed by atoms with Gasteiger partial charge in [0.05, 0.1) is 22.1 Å². The van der Waals surface area contributed by atoms with Crippen LogP contribution in [0.25, 0.3) is 0 Å². The van der Waals surface area contributed by atoms with E-state index >= 15 is 0 Å². The number of fused-ring (bicyclic) bond motifs is 1. The Bertz CT molecular complexity index is 1150. The third kappa shape index (κ3) is 2.49. The van der Waals surface area contributed by atoms with Gasteiger partial charge in [0, 0.05) is 41.5 Å². The number of aliphatic hydroxyl groups is 2. The highest BCUT2D eigenvalue weighted by Gasteiger charge is 2.81. The van der Waals surface area contributed by atoms with Crippen LogP contribution in [0.15, 0.2) is 23.1 Å². The highest BCUT2D eigenvalue weighted by molar-refractivity contribution is 7.97. The normalized spacial score (nSPS) is 32.3. The second-order valence-corrected chi connectivity index (χ2v) is 10.6. The minimum atomic E-state index is -1.03. The predicted molar refractivity (Wildman–Crippen MR) is 116 cm³/mol. The molecule has 1 amide bonds. The van der Waals surface area contributed by atoms with Gasteiger partial charge in [0.2, 0.25) is 0 Å². The van der Waals surface area contributed by atoms with Crippen molar-refractivity contribution >= 4 is 35.1 Å². The maximum absolute atomic E-state index is 13.6. The summed E-state index contributed by atoms with van der Waals surface area (Å²) >= 11 is 8.27. The molecule has 170 valence electrons. The lowest BCUT2D eigenvalue weighted by atomic mass is 9.37. The van der Waals surface area contributed by atoms with Crippen molar-refractivity contribution in [3.05, 3.63) is 46.2 Å². The summed E-state index contributed by atoms with van der Waals surface area (Å²) in [6, 6.07) is 3.60. The lowest BCUT2D eigenvalue weighted by Gasteiger charge is -2.81. The van der Waals surface area contributed by atoms with Gasteiger partial charge in [-0.1, -0.05) is 11.6 Å². The highest BCUT2D eigenvalue weighted by atomic mass is 35.5. The molecule has 2 saturated carbocycles. The van der Waals surface area contributed by atoms with Gasteiger partial charge in [-0.05, 0) is 56.2 Å². The van der Waals surface area contributed by atoms with Crippen molar-refractivity contribution in [2.45, 2.75) is 61.2 Å². The first kappa shape index (κ1) is 20.9. The molecule has 3 fully saturated rings. The molecule has 32 heavy (non-hydrogen) atoms. The lowest BCUT2D eigenvalue weighted by Crippen LogP contribution is -2.90. The number of aromatic nitrogens is 1. The molecule has 3 N–H and O–H groups in total. The number of hydrogen-bond acceptors (Lipinski definition) is 5. The van der Waals surface area contributed by atoms with Crippen LogP contribution in [0.1, 0.15) is 41.9 Å². The van der Waals surface area contributed by atoms with Crippen LogP contribution >= 0.6 is 23.5 Å². The van der Waals surface area contributed by atoms with E-state index in [1.54, 1.807) is 11.9 Å². The number of anilines is 1. The topological polar surface area (TPSA) is 77.7 Å². The van der Waals surface area contributed by atoms with Gasteiger partial charge in [-0.3, -0.25) is 4.79 Å². The van der Waals surface area contributed by atoms with Crippen LogP contribution in [0.4, 0.5) is 14.5 Å². The Morgan fingerprint density at radius 2 is 2.12 bits per heavy atom. The molecule has 1 aromatic heterocycles. The third-order valence-corrected chi connectivity index (χ3v) is 9.77. The molecule has 1 saturated heterocycles. The van der Waals surface area contributed by atoms with Gasteiger partial charge in [0.15, 0.2) is 11.6 Å². The smallest absolute Gasteiger partial charge is 0.273 e. The number of rotatable bonds is 5. The fourth-order valence-electron chi connectivity index (χ4n) is 6.23. The molecule has 4 atom stereocenters. The Labute approximate surface area is 192 Å². The first-order chi connectivity index (χ1) is 15.3. The van der Waals surface area contributed by atoms with Gasteiger partial charge in [-0.15, -0.1) is 0 Å². The third-order valence-electron chi connectivity index (χ3n) is 7.94. The molecule has 10 heteroatoms. The highest BCUT2D eigenvalue weighted by Crippen LogP contribution is 2.74. The molecule has 1 aromatic carbocycles. The second-order valence-electron chi connectivity index (χ2n) is 9.23. The zero-order valence-electron chi connectivity index (χ0n) is 17.1. The summed E-state index contributed by atoms with van der Waals surface area (Å²) in [5.74, 6) is -2.47. The quantitative estimate of drug-likeness (QED) is 0.569. The van der Waals surface area contributed by atoms with Crippen LogP contribution in [0.5, 0.6) is 0 Å². The Kier molecular flexibility index (Phi) is 4.53. The standard InChI is InChI=1S/C22H22ClF2N3O3S/c23-17-18(20(30)26-11-3-4-12(24)13(25)8-11)27-7-1-2-14(27)19(17)32-28-15-5-6-22(15)16(28)9-21(22,31)10-29/h3-4,8,15-16,29,31H,1-2,5-7,9-10H2,(H,26,30). The minimum Gasteiger partial charge on any atom is -0.393 e. The van der Waals surface area contributed by atoms with Crippen molar-refractivity contribution in [2.24, 2.45) is 5.41 Å². The summed E-state index contributed by atoms with van der Waals surface area (Å²) in [6.07, 6.45) is 4.11. The Balaban J connectivity index is 1.27. The lowest BCUT2D eigenvalue weighted by molar-refractivity contribution is -0.348. The van der Waals surface area contributed by atoms with Gasteiger partial charge in [-0.2, -0.15) is 0 Å². The molecule has 2 aliphatic carbocycles. The van der Waals surface area contributed by atoms with Crippen molar-refractivity contribution in [3.63, 3.8) is 0 Å². The number of carbonyl (C=O) groups excluding carboxylic acids is 1. The Hall–Kier alpha value is -1.65. The second kappa shape index (κ2) is 6.93. The number of hydrogen-bond donors (Lipinski definition) is 3. The molecule has 2 aromatic rings. The Morgan fingerprint density at radius 3 is 2.78 bits per heavy atom. The number of aliphatic hydroxyl groups excluding tert-OH is 1. The monoisotopic (exact) mass is 481 g/mol. The molecule has 0 radical (unpaired) electrons. The molecule has 0 bridgehead atoms. The van der Waals surface area contributed by atoms with Crippen LogP contribution in [-0.2, 0) is 13.0 Å². The van der Waals surface area contributed by atoms with E-state index in [1.807, 2.05) is 4.57 Å². The number of piperidine rings is 2. The van der Waals surface area contributed by atoms with E-state index in [-0.39, 0.29) is 29.8 Å². The van der Waals surface area contributed by atoms with Crippen molar-refractivity contribution in [1.82, 2.24) is 8.87 Å². The maximum atomic E-state index is 13.6. The van der Waals surface area contributed by atoms with Crippen LogP contribution in [0.3, 0.4) is 0 Å². The van der Waals surface area contributed by atoms with Crippen LogP contribution < -0.4 is 5.32 Å². The summed E-state index contributed by atoms with van der Waals surface area (Å²) < 4.78 is 31.0. The zero-order valence-corrected chi connectivity index (χ0v) is 18.6. The van der Waals surface area contributed by atoms with Crippen molar-refractivity contribution in [1.29, 1.82) is 0 Å². The average Bonchev–Trinajstić information content (AvgIpc) is 3.28. The van der Waals surface area contributed by atoms with E-state index in [9.17, 15) is 23.8 Å². The van der Waals surface area contributed by atoms with Crippen molar-refractivity contribution in [2.75, 3.05) is 11.9 Å². The number of nitrogens with zero attached hydrogens (tertiary/aromatic N) is 2. The number of benzene rings is 1. The summed E-state index contributed by atoms with van der Waals surface area (Å²) in [5, 5.41) is 23.4. The maximum Gasteiger partial charge on any atom is 0.273 e. The SMILES string of the molecule is O=C(Nc1ccc(F)c(F)c1)c1c(Cl)c(SN2C3CCC34C2CC4(O)CO)c2n1CCC2. The van der Waals surface area contributed by atoms with Gasteiger partial charge in [0.1, 0.15) is 5.69 Å². The summed E-state index contributed by atoms with van der Waals surface area (Å²) in [6.45, 7) is 0.451. The van der Waals surface area contributed by atoms with Gasteiger partial charge in [0.25, 0.3) is 5.91 Å². The molecule has 6 rings (SSSR count). The van der Waals surface area contributed by atoms with E-state index in [2.05, 4.69) is 9.62 Å². The fourth-order valence-corrected chi connectivity index (χ4v) is 8.14. The average molecular weight is 482 g/mol. The Morgan fingerprint density at radius 1 is 1.31 bits per heavy atom. The first-order valence-electron chi connectivity index (χ1n) is 10.8. The van der Waals surface area contributed by atoms with E-state index in [0.29, 0.717) is 23.7 Å². The predicted octanol–water partition coefficient (Wildman–Crippen LogP) is 3.59. The number of amides is 1. The number of carbonyl (C=O) groups is 1. The van der Waals surface area contributed by atoms with E-state index in [0.717, 1.165) is 48.4 Å².